The van der Waals surface area contributed by atoms with Crippen LogP contribution in [0.3, 0.4) is 0 Å². The maximum atomic E-state index is 6.76. The van der Waals surface area contributed by atoms with Gasteiger partial charge >= 0.3 is 7.12 Å². The fourth-order valence-corrected chi connectivity index (χ4v) is 29.9. The highest BCUT2D eigenvalue weighted by atomic mass is 28.3. The van der Waals surface area contributed by atoms with Crippen LogP contribution >= 0.6 is 0 Å². The van der Waals surface area contributed by atoms with Gasteiger partial charge in [-0.25, -0.2) is 0 Å². The standard InChI is InChI=1S/C19H39BO2Si3/c1-14(2)15(3,4)22-20(21-14)16-17(23(5,6)7)18(16,24(8,9)10)19(16,17)25(11,12)13/h1-13H3. The zero-order valence-corrected chi connectivity index (χ0v) is 21.9. The van der Waals surface area contributed by atoms with Crippen molar-refractivity contribution in [3.05, 3.63) is 0 Å². The third-order valence-corrected chi connectivity index (χ3v) is 20.1. The molecular weight excluding hydrogens is 355 g/mol. The first-order valence-corrected chi connectivity index (χ1v) is 20.7. The van der Waals surface area contributed by atoms with E-state index in [1.54, 1.807) is 0 Å². The van der Waals surface area contributed by atoms with Crippen LogP contribution in [0, 0.1) is 0 Å². The Balaban J connectivity index is 1.87. The second-order valence-corrected chi connectivity index (χ2v) is 29.1. The van der Waals surface area contributed by atoms with Gasteiger partial charge in [0.25, 0.3) is 0 Å². The Morgan fingerprint density at radius 3 is 0.960 bits per heavy atom. The molecule has 0 aromatic rings. The lowest BCUT2D eigenvalue weighted by atomic mass is 9.80. The van der Waals surface area contributed by atoms with Crippen LogP contribution in [0.15, 0.2) is 0 Å². The van der Waals surface area contributed by atoms with E-state index < -0.39 is 24.2 Å². The summed E-state index contributed by atoms with van der Waals surface area (Å²) in [6.45, 7) is 32.6. The van der Waals surface area contributed by atoms with Gasteiger partial charge in [0.05, 0.1) is 35.4 Å². The van der Waals surface area contributed by atoms with Crippen molar-refractivity contribution in [1.82, 2.24) is 0 Å². The molecule has 142 valence electrons. The molecule has 0 N–H and O–H groups in total. The summed E-state index contributed by atoms with van der Waals surface area (Å²) in [5.41, 5.74) is -0.410. The van der Waals surface area contributed by atoms with E-state index >= 15 is 0 Å². The van der Waals surface area contributed by atoms with Crippen molar-refractivity contribution >= 4 is 31.3 Å². The molecule has 1 heterocycles. The van der Waals surface area contributed by atoms with Crippen LogP contribution in [0.5, 0.6) is 0 Å². The third kappa shape index (κ3) is 1.30. The maximum Gasteiger partial charge on any atom is 0.465 e. The summed E-state index contributed by atoms with van der Waals surface area (Å²) in [5.74, 6) is 0. The molecule has 0 aromatic heterocycles. The van der Waals surface area contributed by atoms with Crippen molar-refractivity contribution in [3.8, 4) is 0 Å². The molecule has 25 heavy (non-hydrogen) atoms. The van der Waals surface area contributed by atoms with Gasteiger partial charge in [-0.3, -0.25) is 0 Å². The van der Waals surface area contributed by atoms with Crippen molar-refractivity contribution < 1.29 is 9.31 Å². The van der Waals surface area contributed by atoms with Crippen LogP contribution in [0.1, 0.15) is 27.7 Å². The molecule has 5 rings (SSSR count). The summed E-state index contributed by atoms with van der Waals surface area (Å²) in [4.78, 5) is 0. The maximum absolute atomic E-state index is 6.76. The topological polar surface area (TPSA) is 18.5 Å². The van der Waals surface area contributed by atoms with E-state index in [9.17, 15) is 0 Å². The molecule has 0 atom stereocenters. The predicted molar refractivity (Wildman–Crippen MR) is 117 cm³/mol. The SMILES string of the molecule is CC1(C)OB(C23C4([Si](C)(C)C)C2([Si](C)(C)C)C34[Si](C)(C)C)OC1(C)C. The van der Waals surface area contributed by atoms with Gasteiger partial charge in [0, 0.05) is 5.31 Å². The van der Waals surface area contributed by atoms with Gasteiger partial charge in [-0.15, -0.1) is 0 Å². The highest BCUT2D eigenvalue weighted by molar-refractivity contribution is 7.10. The minimum atomic E-state index is -1.32. The van der Waals surface area contributed by atoms with E-state index in [2.05, 4.69) is 86.6 Å². The zero-order chi connectivity index (χ0) is 19.5. The second kappa shape index (κ2) is 3.87. The van der Waals surface area contributed by atoms with Crippen LogP contribution in [0.4, 0.5) is 0 Å². The lowest BCUT2D eigenvalue weighted by Crippen LogP contribution is -2.41. The Morgan fingerprint density at radius 2 is 0.760 bits per heavy atom. The van der Waals surface area contributed by atoms with Crippen LogP contribution in [0.2, 0.25) is 79.4 Å². The van der Waals surface area contributed by atoms with Crippen molar-refractivity contribution in [3.63, 3.8) is 0 Å². The van der Waals surface area contributed by atoms with E-state index in [1.165, 1.54) is 0 Å². The van der Waals surface area contributed by atoms with Crippen molar-refractivity contribution in [2.24, 2.45) is 0 Å². The largest absolute Gasteiger partial charge is 0.465 e. The zero-order valence-electron chi connectivity index (χ0n) is 18.9. The second-order valence-electron chi connectivity index (χ2n) is 13.4. The number of rotatable bonds is 4. The first-order chi connectivity index (χ1) is 10.8. The van der Waals surface area contributed by atoms with Crippen molar-refractivity contribution in [2.45, 2.75) is 118 Å². The molecule has 0 aromatic carbocycles. The van der Waals surface area contributed by atoms with Crippen LogP contribution in [-0.2, 0) is 9.31 Å². The normalized spacial score (nSPS) is 49.1. The molecule has 0 spiro atoms. The molecular formula is C19H39BO2Si3. The van der Waals surface area contributed by atoms with E-state index in [4.69, 9.17) is 9.31 Å². The first kappa shape index (κ1) is 19.0. The molecule has 0 bridgehead atoms. The van der Waals surface area contributed by atoms with E-state index in [0.29, 0.717) is 20.4 Å². The number of hydrogen-bond donors (Lipinski definition) is 0. The van der Waals surface area contributed by atoms with Crippen molar-refractivity contribution in [1.29, 1.82) is 0 Å². The predicted octanol–water partition coefficient (Wildman–Crippen LogP) is 6.10. The Hall–Kier alpha value is 0.636. The van der Waals surface area contributed by atoms with E-state index in [-0.39, 0.29) is 18.3 Å². The smallest absolute Gasteiger partial charge is 0.403 e. The monoisotopic (exact) mass is 394 g/mol. The van der Waals surface area contributed by atoms with Crippen LogP contribution in [0.25, 0.3) is 0 Å². The van der Waals surface area contributed by atoms with Gasteiger partial charge in [0.2, 0.25) is 0 Å². The van der Waals surface area contributed by atoms with Crippen LogP contribution in [-0.4, -0.2) is 42.5 Å². The molecule has 0 unspecified atom stereocenters. The summed E-state index contributed by atoms with van der Waals surface area (Å²) in [7, 11) is -3.94. The molecule has 2 nitrogen and oxygen atoms in total. The Labute approximate surface area is 159 Å². The minimum absolute atomic E-state index is 0.0303. The molecule has 1 saturated heterocycles. The molecule has 4 aliphatic carbocycles. The molecule has 0 radical (unpaired) electrons. The Kier molecular flexibility index (Phi) is 2.94. The van der Waals surface area contributed by atoms with Crippen molar-refractivity contribution in [2.75, 3.05) is 0 Å². The summed E-state index contributed by atoms with van der Waals surface area (Å²) in [5, 5.41) is 2.19. The van der Waals surface area contributed by atoms with Crippen LogP contribution < -0.4 is 0 Å². The summed E-state index contributed by atoms with van der Waals surface area (Å²) in [6, 6.07) is 0. The average molecular weight is 395 g/mol. The third-order valence-electron chi connectivity index (χ3n) is 9.19. The summed E-state index contributed by atoms with van der Waals surface area (Å²) in [6.07, 6.45) is 0. The average Bonchev–Trinajstić information content (AvgIpc) is 3.18. The fourth-order valence-electron chi connectivity index (χ4n) is 8.83. The summed E-state index contributed by atoms with van der Waals surface area (Å²) < 4.78 is 13.5. The van der Waals surface area contributed by atoms with Gasteiger partial charge in [-0.2, -0.15) is 0 Å². The molecule has 6 heteroatoms. The van der Waals surface area contributed by atoms with Gasteiger partial charge in [-0.05, 0) is 42.8 Å². The minimum Gasteiger partial charge on any atom is -0.403 e. The molecule has 1 aliphatic heterocycles. The fraction of sp³-hybridized carbons (Fsp3) is 1.00. The lowest BCUT2D eigenvalue weighted by molar-refractivity contribution is 0.00578. The molecule has 5 fully saturated rings. The van der Waals surface area contributed by atoms with Gasteiger partial charge in [0.15, 0.2) is 0 Å². The molecule has 5 aliphatic rings. The highest BCUT2D eigenvalue weighted by Gasteiger charge is 3.40. The quantitative estimate of drug-likeness (QED) is 0.537. The molecule has 4 saturated carbocycles. The number of hydrogen-bond acceptors (Lipinski definition) is 2. The van der Waals surface area contributed by atoms with E-state index in [0.717, 1.165) is 0 Å². The van der Waals surface area contributed by atoms with Gasteiger partial charge in [-0.1, -0.05) is 58.9 Å². The first-order valence-electron chi connectivity index (χ1n) is 10.2. The summed E-state index contributed by atoms with van der Waals surface area (Å²) >= 11 is 0. The van der Waals surface area contributed by atoms with Gasteiger partial charge in [0.1, 0.15) is 0 Å². The van der Waals surface area contributed by atoms with Gasteiger partial charge < -0.3 is 9.31 Å². The molecule has 0 amide bonds. The lowest BCUT2D eigenvalue weighted by Gasteiger charge is -2.32. The highest BCUT2D eigenvalue weighted by Crippen LogP contribution is 3.54. The van der Waals surface area contributed by atoms with E-state index in [1.807, 2.05) is 0 Å². The Morgan fingerprint density at radius 1 is 0.520 bits per heavy atom. The Bertz CT molecular complexity index is 592.